The number of aldehydes is 1. The Morgan fingerprint density at radius 2 is 2.36 bits per heavy atom. The number of rotatable bonds is 2. The lowest BCUT2D eigenvalue weighted by Gasteiger charge is -1.99. The summed E-state index contributed by atoms with van der Waals surface area (Å²) in [6.45, 7) is 0. The quantitative estimate of drug-likeness (QED) is 0.388. The normalized spacial score (nSPS) is 29.6. The second-order valence-electron chi connectivity index (χ2n) is 2.38. The highest BCUT2D eigenvalue weighted by Crippen LogP contribution is 2.12. The van der Waals surface area contributed by atoms with Crippen molar-refractivity contribution in [3.05, 3.63) is 0 Å². The summed E-state index contributed by atoms with van der Waals surface area (Å²) >= 11 is 0. The van der Waals surface area contributed by atoms with Crippen molar-refractivity contribution in [3.63, 3.8) is 0 Å². The molecule has 1 unspecified atom stereocenters. The Morgan fingerprint density at radius 1 is 1.73 bits per heavy atom. The topological polar surface area (TPSA) is 83.5 Å². The third-order valence-corrected chi connectivity index (χ3v) is 1.61. The van der Waals surface area contributed by atoms with Crippen molar-refractivity contribution < 1.29 is 19.5 Å². The smallest absolute Gasteiger partial charge is 0.326 e. The van der Waals surface area contributed by atoms with Gasteiger partial charge in [-0.2, -0.15) is 0 Å². The number of carboxylic acid groups (broad SMARTS) is 1. The molecule has 1 aliphatic rings. The first kappa shape index (κ1) is 7.71. The highest BCUT2D eigenvalue weighted by Gasteiger charge is 2.35. The molecule has 1 rings (SSSR count). The number of carbonyl (C=O) groups is 3. The lowest BCUT2D eigenvalue weighted by Crippen LogP contribution is -2.32. The minimum Gasteiger partial charge on any atom is -0.480 e. The Bertz CT molecular complexity index is 213. The van der Waals surface area contributed by atoms with E-state index in [0.717, 1.165) is 0 Å². The number of carbonyl (C=O) groups excluding carboxylic acids is 2. The van der Waals surface area contributed by atoms with Gasteiger partial charge in [0.1, 0.15) is 12.3 Å². The van der Waals surface area contributed by atoms with Gasteiger partial charge in [-0.15, -0.1) is 0 Å². The number of hydrogen-bond donors (Lipinski definition) is 2. The standard InChI is InChI=1S/C6H7NO4/c8-2-3-1-4(6(10)11)7-5(3)9/h2-4H,1H2,(H,7,9)(H,10,11)/t3?,4-/m0/s1. The Kier molecular flexibility index (Phi) is 1.89. The Labute approximate surface area is 62.4 Å². The van der Waals surface area contributed by atoms with Crippen LogP contribution in [0.2, 0.25) is 0 Å². The van der Waals surface area contributed by atoms with Crippen LogP contribution >= 0.6 is 0 Å². The van der Waals surface area contributed by atoms with Crippen LogP contribution in [0.25, 0.3) is 0 Å². The van der Waals surface area contributed by atoms with Crippen LogP contribution in [0.1, 0.15) is 6.42 Å². The van der Waals surface area contributed by atoms with E-state index >= 15 is 0 Å². The fraction of sp³-hybridized carbons (Fsp3) is 0.500. The molecule has 0 bridgehead atoms. The van der Waals surface area contributed by atoms with E-state index in [1.54, 1.807) is 0 Å². The van der Waals surface area contributed by atoms with Crippen LogP contribution in [0.15, 0.2) is 0 Å². The van der Waals surface area contributed by atoms with Crippen molar-refractivity contribution >= 4 is 18.2 Å². The van der Waals surface area contributed by atoms with Crippen LogP contribution in [0.4, 0.5) is 0 Å². The molecule has 5 nitrogen and oxygen atoms in total. The van der Waals surface area contributed by atoms with Gasteiger partial charge in [-0.25, -0.2) is 4.79 Å². The molecule has 1 saturated heterocycles. The minimum atomic E-state index is -1.09. The second kappa shape index (κ2) is 2.69. The molecule has 0 aromatic heterocycles. The molecule has 0 aromatic rings. The number of carboxylic acids is 1. The lowest BCUT2D eigenvalue weighted by molar-refractivity contribution is -0.140. The van der Waals surface area contributed by atoms with Crippen molar-refractivity contribution in [1.29, 1.82) is 0 Å². The van der Waals surface area contributed by atoms with E-state index in [1.165, 1.54) is 0 Å². The number of hydrogen-bond acceptors (Lipinski definition) is 3. The molecule has 1 aliphatic heterocycles. The summed E-state index contributed by atoms with van der Waals surface area (Å²) in [7, 11) is 0. The summed E-state index contributed by atoms with van der Waals surface area (Å²) in [5.74, 6) is -2.37. The van der Waals surface area contributed by atoms with Crippen molar-refractivity contribution in [2.45, 2.75) is 12.5 Å². The first-order chi connectivity index (χ1) is 5.15. The van der Waals surface area contributed by atoms with Crippen LogP contribution in [0.3, 0.4) is 0 Å². The molecule has 11 heavy (non-hydrogen) atoms. The molecule has 1 amide bonds. The zero-order valence-corrected chi connectivity index (χ0v) is 5.61. The molecule has 1 heterocycles. The number of amides is 1. The van der Waals surface area contributed by atoms with E-state index in [9.17, 15) is 14.4 Å². The number of nitrogens with one attached hydrogen (secondary N) is 1. The molecule has 2 atom stereocenters. The SMILES string of the molecule is O=CC1C[C@@H](C(=O)O)NC1=O. The third-order valence-electron chi connectivity index (χ3n) is 1.61. The Hall–Kier alpha value is -1.39. The summed E-state index contributed by atoms with van der Waals surface area (Å²) in [5.41, 5.74) is 0. The predicted molar refractivity (Wildman–Crippen MR) is 33.7 cm³/mol. The van der Waals surface area contributed by atoms with Gasteiger partial charge in [0.25, 0.3) is 0 Å². The number of aliphatic carboxylic acids is 1. The summed E-state index contributed by atoms with van der Waals surface area (Å²) in [6.07, 6.45) is 0.538. The van der Waals surface area contributed by atoms with Gasteiger partial charge >= 0.3 is 5.97 Å². The van der Waals surface area contributed by atoms with Gasteiger partial charge in [-0.3, -0.25) is 4.79 Å². The fourth-order valence-electron chi connectivity index (χ4n) is 0.979. The van der Waals surface area contributed by atoms with E-state index in [2.05, 4.69) is 5.32 Å². The van der Waals surface area contributed by atoms with Gasteiger partial charge in [0.05, 0.1) is 5.92 Å². The van der Waals surface area contributed by atoms with Crippen molar-refractivity contribution in [2.75, 3.05) is 0 Å². The molecule has 0 saturated carbocycles. The highest BCUT2D eigenvalue weighted by atomic mass is 16.4. The summed E-state index contributed by atoms with van der Waals surface area (Å²) in [5, 5.41) is 10.6. The molecule has 5 heteroatoms. The molecule has 0 aliphatic carbocycles. The molecule has 1 fully saturated rings. The maximum Gasteiger partial charge on any atom is 0.326 e. The summed E-state index contributed by atoms with van der Waals surface area (Å²) < 4.78 is 0. The van der Waals surface area contributed by atoms with E-state index in [-0.39, 0.29) is 6.42 Å². The maximum absolute atomic E-state index is 10.7. The average Bonchev–Trinajstić information content (AvgIpc) is 2.31. The predicted octanol–water partition coefficient (Wildman–Crippen LogP) is -1.23. The third kappa shape index (κ3) is 1.36. The van der Waals surface area contributed by atoms with Crippen molar-refractivity contribution in [3.8, 4) is 0 Å². The lowest BCUT2D eigenvalue weighted by atomic mass is 10.1. The summed E-state index contributed by atoms with van der Waals surface area (Å²) in [6, 6.07) is -0.891. The van der Waals surface area contributed by atoms with Gasteiger partial charge in [0, 0.05) is 0 Å². The van der Waals surface area contributed by atoms with Crippen LogP contribution in [0, 0.1) is 5.92 Å². The molecule has 0 spiro atoms. The Balaban J connectivity index is 2.63. The summed E-state index contributed by atoms with van der Waals surface area (Å²) in [4.78, 5) is 31.1. The van der Waals surface area contributed by atoms with Crippen LogP contribution < -0.4 is 5.32 Å². The molecule has 2 N–H and O–H groups in total. The fourth-order valence-corrected chi connectivity index (χ4v) is 0.979. The second-order valence-corrected chi connectivity index (χ2v) is 2.38. The largest absolute Gasteiger partial charge is 0.480 e. The molecule has 0 aromatic carbocycles. The van der Waals surface area contributed by atoms with Gasteiger partial charge in [0.15, 0.2) is 0 Å². The average molecular weight is 157 g/mol. The van der Waals surface area contributed by atoms with E-state index in [4.69, 9.17) is 5.11 Å². The molecule has 0 radical (unpaired) electrons. The van der Waals surface area contributed by atoms with Gasteiger partial charge in [-0.05, 0) is 6.42 Å². The first-order valence-electron chi connectivity index (χ1n) is 3.13. The molecular weight excluding hydrogens is 150 g/mol. The van der Waals surface area contributed by atoms with E-state index < -0.39 is 23.8 Å². The molecule has 60 valence electrons. The monoisotopic (exact) mass is 157 g/mol. The van der Waals surface area contributed by atoms with Crippen molar-refractivity contribution in [2.24, 2.45) is 5.92 Å². The highest BCUT2D eigenvalue weighted by molar-refractivity contribution is 5.97. The van der Waals surface area contributed by atoms with Crippen LogP contribution in [-0.2, 0) is 14.4 Å². The van der Waals surface area contributed by atoms with Gasteiger partial charge < -0.3 is 15.2 Å². The zero-order valence-electron chi connectivity index (χ0n) is 5.61. The maximum atomic E-state index is 10.7. The minimum absolute atomic E-state index is 0.0671. The van der Waals surface area contributed by atoms with Crippen molar-refractivity contribution in [1.82, 2.24) is 5.32 Å². The van der Waals surface area contributed by atoms with E-state index in [0.29, 0.717) is 6.29 Å². The van der Waals surface area contributed by atoms with Gasteiger partial charge in [0.2, 0.25) is 5.91 Å². The van der Waals surface area contributed by atoms with Gasteiger partial charge in [-0.1, -0.05) is 0 Å². The van der Waals surface area contributed by atoms with Crippen LogP contribution in [0.5, 0.6) is 0 Å². The van der Waals surface area contributed by atoms with E-state index in [1.807, 2.05) is 0 Å². The Morgan fingerprint density at radius 3 is 2.64 bits per heavy atom. The molecular formula is C6H7NO4. The first-order valence-corrected chi connectivity index (χ1v) is 3.13. The zero-order chi connectivity index (χ0) is 8.43. The van der Waals surface area contributed by atoms with Crippen LogP contribution in [-0.4, -0.2) is 29.3 Å².